The molecule has 0 saturated heterocycles. The Labute approximate surface area is 99.8 Å². The van der Waals surface area contributed by atoms with Crippen LogP contribution in [0.2, 0.25) is 6.04 Å². The molecule has 0 radical (unpaired) electrons. The lowest BCUT2D eigenvalue weighted by Crippen LogP contribution is -2.43. The third-order valence-electron chi connectivity index (χ3n) is 4.44. The van der Waals surface area contributed by atoms with E-state index < -0.39 is 8.80 Å². The monoisotopic (exact) mass is 244 g/mol. The lowest BCUT2D eigenvalue weighted by molar-refractivity contribution is 0.120. The third kappa shape index (κ3) is 2.67. The number of hydrogen-bond acceptors (Lipinski definition) is 3. The lowest BCUT2D eigenvalue weighted by atomic mass is 9.87. The van der Waals surface area contributed by atoms with Crippen LogP contribution in [-0.4, -0.2) is 30.1 Å². The van der Waals surface area contributed by atoms with E-state index in [1.807, 2.05) is 0 Å². The van der Waals surface area contributed by atoms with Gasteiger partial charge in [0.15, 0.2) is 0 Å². The average molecular weight is 244 g/mol. The van der Waals surface area contributed by atoms with Crippen LogP contribution in [0.15, 0.2) is 0 Å². The highest BCUT2D eigenvalue weighted by Crippen LogP contribution is 2.52. The molecule has 0 heterocycles. The minimum absolute atomic E-state index is 0.885. The first-order valence-electron chi connectivity index (χ1n) is 6.38. The van der Waals surface area contributed by atoms with Crippen molar-refractivity contribution in [3.05, 3.63) is 0 Å². The quantitative estimate of drug-likeness (QED) is 0.672. The normalized spacial score (nSPS) is 33.6. The molecule has 16 heavy (non-hydrogen) atoms. The summed E-state index contributed by atoms with van der Waals surface area (Å²) in [5.41, 5.74) is 0. The minimum Gasteiger partial charge on any atom is -0.377 e. The second-order valence-corrected chi connectivity index (χ2v) is 8.36. The zero-order chi connectivity index (χ0) is 11.6. The van der Waals surface area contributed by atoms with E-state index in [4.69, 9.17) is 13.3 Å². The SMILES string of the molecule is CO[Si](CCC1CCC2CC2C1)(OC)OC. The topological polar surface area (TPSA) is 27.7 Å². The Morgan fingerprint density at radius 2 is 1.62 bits per heavy atom. The fourth-order valence-electron chi connectivity index (χ4n) is 3.15. The van der Waals surface area contributed by atoms with Gasteiger partial charge in [-0.2, -0.15) is 0 Å². The van der Waals surface area contributed by atoms with Gasteiger partial charge in [0, 0.05) is 27.4 Å². The molecule has 0 bridgehead atoms. The van der Waals surface area contributed by atoms with Gasteiger partial charge in [-0.1, -0.05) is 6.42 Å². The second kappa shape index (κ2) is 5.17. The molecule has 0 spiro atoms. The van der Waals surface area contributed by atoms with E-state index in [0.717, 1.165) is 23.8 Å². The Morgan fingerprint density at radius 1 is 0.938 bits per heavy atom. The van der Waals surface area contributed by atoms with E-state index in [2.05, 4.69) is 0 Å². The first-order valence-corrected chi connectivity index (χ1v) is 8.31. The van der Waals surface area contributed by atoms with Gasteiger partial charge in [-0.25, -0.2) is 0 Å². The van der Waals surface area contributed by atoms with Crippen LogP contribution in [-0.2, 0) is 13.3 Å². The summed E-state index contributed by atoms with van der Waals surface area (Å²) < 4.78 is 16.4. The van der Waals surface area contributed by atoms with Gasteiger partial charge in [-0.3, -0.25) is 0 Å². The van der Waals surface area contributed by atoms with E-state index in [1.54, 1.807) is 21.3 Å². The minimum atomic E-state index is -2.31. The molecule has 2 fully saturated rings. The molecule has 94 valence electrons. The van der Waals surface area contributed by atoms with Gasteiger partial charge < -0.3 is 13.3 Å². The summed E-state index contributed by atoms with van der Waals surface area (Å²) in [6, 6.07) is 0.971. The zero-order valence-corrected chi connectivity index (χ0v) is 11.7. The summed E-state index contributed by atoms with van der Waals surface area (Å²) in [4.78, 5) is 0. The predicted octanol–water partition coefficient (Wildman–Crippen LogP) is 2.69. The van der Waals surface area contributed by atoms with Crippen molar-refractivity contribution in [1.82, 2.24) is 0 Å². The van der Waals surface area contributed by atoms with Crippen LogP contribution in [0.25, 0.3) is 0 Å². The maximum atomic E-state index is 5.46. The molecule has 0 aromatic heterocycles. The number of fused-ring (bicyclic) bond motifs is 1. The molecule has 0 aliphatic heterocycles. The fourth-order valence-corrected chi connectivity index (χ4v) is 5.02. The average Bonchev–Trinajstić information content (AvgIpc) is 3.10. The molecular formula is C12H24O3Si. The summed E-state index contributed by atoms with van der Waals surface area (Å²) in [7, 11) is 2.81. The molecule has 4 heteroatoms. The van der Waals surface area contributed by atoms with Gasteiger partial charge in [-0.15, -0.1) is 0 Å². The summed E-state index contributed by atoms with van der Waals surface area (Å²) in [6.07, 6.45) is 7.01. The van der Waals surface area contributed by atoms with Crippen molar-refractivity contribution >= 4 is 8.80 Å². The van der Waals surface area contributed by atoms with Crippen LogP contribution in [0, 0.1) is 17.8 Å². The van der Waals surface area contributed by atoms with Crippen LogP contribution < -0.4 is 0 Å². The lowest BCUT2D eigenvalue weighted by Gasteiger charge is -2.27. The Kier molecular flexibility index (Phi) is 4.05. The molecule has 0 aromatic carbocycles. The van der Waals surface area contributed by atoms with Crippen molar-refractivity contribution < 1.29 is 13.3 Å². The molecule has 2 aliphatic rings. The molecule has 3 unspecified atom stereocenters. The van der Waals surface area contributed by atoms with Gasteiger partial charge in [0.1, 0.15) is 0 Å². The smallest absolute Gasteiger partial charge is 0.377 e. The van der Waals surface area contributed by atoms with Gasteiger partial charge in [0.2, 0.25) is 0 Å². The molecule has 0 amide bonds. The number of hydrogen-bond donors (Lipinski definition) is 0. The molecule has 0 aromatic rings. The highest BCUT2D eigenvalue weighted by atomic mass is 28.4. The van der Waals surface area contributed by atoms with Crippen LogP contribution in [0.3, 0.4) is 0 Å². The van der Waals surface area contributed by atoms with Crippen molar-refractivity contribution in [2.75, 3.05) is 21.3 Å². The number of rotatable bonds is 6. The van der Waals surface area contributed by atoms with Gasteiger partial charge >= 0.3 is 8.80 Å². The molecule has 3 nitrogen and oxygen atoms in total. The van der Waals surface area contributed by atoms with E-state index in [0.29, 0.717) is 0 Å². The molecule has 2 rings (SSSR count). The van der Waals surface area contributed by atoms with E-state index in [-0.39, 0.29) is 0 Å². The second-order valence-electron chi connectivity index (χ2n) is 5.27. The van der Waals surface area contributed by atoms with Crippen molar-refractivity contribution in [2.45, 2.75) is 38.1 Å². The first kappa shape index (κ1) is 12.6. The van der Waals surface area contributed by atoms with Gasteiger partial charge in [0.25, 0.3) is 0 Å². The summed E-state index contributed by atoms with van der Waals surface area (Å²) >= 11 is 0. The highest BCUT2D eigenvalue weighted by Gasteiger charge is 2.44. The molecule has 2 saturated carbocycles. The molecule has 2 aliphatic carbocycles. The standard InChI is InChI=1S/C12H24O3Si/c1-13-16(14-2,15-3)7-6-10-4-5-11-9-12(11)8-10/h10-12H,4-9H2,1-3H3. The summed E-state index contributed by atoms with van der Waals surface area (Å²) in [5.74, 6) is 3.03. The van der Waals surface area contributed by atoms with Crippen molar-refractivity contribution in [3.63, 3.8) is 0 Å². The van der Waals surface area contributed by atoms with Gasteiger partial charge in [-0.05, 0) is 43.4 Å². The molecule has 3 atom stereocenters. The Morgan fingerprint density at radius 3 is 2.19 bits per heavy atom. The Bertz CT molecular complexity index is 222. The van der Waals surface area contributed by atoms with Crippen LogP contribution in [0.4, 0.5) is 0 Å². The predicted molar refractivity (Wildman–Crippen MR) is 65.1 cm³/mol. The summed E-state index contributed by atoms with van der Waals surface area (Å²) in [5, 5.41) is 0. The van der Waals surface area contributed by atoms with E-state index >= 15 is 0 Å². The maximum Gasteiger partial charge on any atom is 0.500 e. The van der Waals surface area contributed by atoms with Gasteiger partial charge in [0.05, 0.1) is 0 Å². The van der Waals surface area contributed by atoms with Crippen molar-refractivity contribution in [1.29, 1.82) is 0 Å². The Balaban J connectivity index is 1.76. The molecular weight excluding hydrogens is 220 g/mol. The van der Waals surface area contributed by atoms with Crippen LogP contribution in [0.5, 0.6) is 0 Å². The summed E-state index contributed by atoms with van der Waals surface area (Å²) in [6.45, 7) is 0. The first-order chi connectivity index (χ1) is 7.73. The van der Waals surface area contributed by atoms with Crippen LogP contribution >= 0.6 is 0 Å². The van der Waals surface area contributed by atoms with E-state index in [9.17, 15) is 0 Å². The Hall–Kier alpha value is 0.0969. The molecule has 0 N–H and O–H groups in total. The van der Waals surface area contributed by atoms with Crippen molar-refractivity contribution in [3.8, 4) is 0 Å². The maximum absolute atomic E-state index is 5.46. The van der Waals surface area contributed by atoms with Crippen LogP contribution in [0.1, 0.15) is 32.1 Å². The zero-order valence-electron chi connectivity index (χ0n) is 10.7. The fraction of sp³-hybridized carbons (Fsp3) is 1.00. The third-order valence-corrected chi connectivity index (χ3v) is 7.21. The van der Waals surface area contributed by atoms with E-state index in [1.165, 1.54) is 32.1 Å². The van der Waals surface area contributed by atoms with Crippen molar-refractivity contribution in [2.24, 2.45) is 17.8 Å². The largest absolute Gasteiger partial charge is 0.500 e. The highest BCUT2D eigenvalue weighted by molar-refractivity contribution is 6.60.